The molecule has 0 amide bonds. The Hall–Kier alpha value is -3.10. The van der Waals surface area contributed by atoms with Gasteiger partial charge in [0, 0.05) is 47.8 Å². The number of nitrogens with zero attached hydrogens (tertiary/aromatic N) is 2. The van der Waals surface area contributed by atoms with Crippen molar-refractivity contribution in [2.24, 2.45) is 10.8 Å². The minimum absolute atomic E-state index is 0.0613. The molecule has 0 saturated carbocycles. The third-order valence-electron chi connectivity index (χ3n) is 14.5. The van der Waals surface area contributed by atoms with Crippen molar-refractivity contribution < 1.29 is 28.5 Å². The fraction of sp³-hybridized carbons (Fsp3) is 0.750. The predicted octanol–water partition coefficient (Wildman–Crippen LogP) is 13.9. The lowest BCUT2D eigenvalue weighted by atomic mass is 9.72. The molecule has 0 bridgehead atoms. The third kappa shape index (κ3) is 15.2. The second kappa shape index (κ2) is 20.4. The van der Waals surface area contributed by atoms with Crippen LogP contribution < -0.4 is 9.47 Å². The Bertz CT molecular complexity index is 1780. The standard InChI is InChI=1S/C30H56N2O4.C26H38O2/c1-15-30(12,24(34)36-22-18-28(8,9)32(14)29(10,11)19-22)20-25(2,3)23(33)35-21-16-26(4,5)31(13)27(6,7)17-21;1-9-20(22-12-16-24(17-13-22)28-26(6,7)8)18-19(2)21-10-14-23(15-11-21)27-25(3,4)5/h21-22H,15-20H2,1-14H3;10-17,19-20H,9,18H2,1-8H3. The number of benzene rings is 2. The summed E-state index contributed by atoms with van der Waals surface area (Å²) in [5.74, 6) is 2.49. The topological polar surface area (TPSA) is 77.5 Å². The van der Waals surface area contributed by atoms with E-state index in [1.807, 2.05) is 27.7 Å². The van der Waals surface area contributed by atoms with Crippen molar-refractivity contribution in [3.8, 4) is 11.5 Å². The quantitative estimate of drug-likeness (QED) is 0.174. The van der Waals surface area contributed by atoms with Crippen LogP contribution in [0.15, 0.2) is 48.5 Å². The number of rotatable bonds is 14. The molecular formula is C56H94N2O6. The summed E-state index contributed by atoms with van der Waals surface area (Å²) < 4.78 is 24.2. The van der Waals surface area contributed by atoms with Crippen LogP contribution in [0.4, 0.5) is 0 Å². The first-order valence-corrected chi connectivity index (χ1v) is 24.4. The lowest BCUT2D eigenvalue weighted by Crippen LogP contribution is -2.60. The van der Waals surface area contributed by atoms with Crippen LogP contribution in [0.2, 0.25) is 0 Å². The molecule has 2 fully saturated rings. The SMILES string of the molecule is CCC(C)(CC(C)(C)C(=O)OC1CC(C)(C)N(C)C(C)(C)C1)C(=O)OC1CC(C)(C)N(C)C(C)(C)C1.CCC(CC(C)c1ccc(OC(C)(C)C)cc1)c1ccc(OC(C)(C)C)cc1. The first-order valence-electron chi connectivity index (χ1n) is 24.4. The van der Waals surface area contributed by atoms with E-state index in [0.29, 0.717) is 24.7 Å². The highest BCUT2D eigenvalue weighted by molar-refractivity contribution is 5.80. The summed E-state index contributed by atoms with van der Waals surface area (Å²) >= 11 is 0. The van der Waals surface area contributed by atoms with Crippen LogP contribution in [0, 0.1) is 10.8 Å². The van der Waals surface area contributed by atoms with Crippen molar-refractivity contribution in [1.82, 2.24) is 9.80 Å². The average Bonchev–Trinajstić information content (AvgIpc) is 3.14. The van der Waals surface area contributed by atoms with E-state index in [2.05, 4.69) is 183 Å². The summed E-state index contributed by atoms with van der Waals surface area (Å²) in [6.07, 6.45) is 6.18. The minimum Gasteiger partial charge on any atom is -0.488 e. The molecule has 2 aromatic rings. The van der Waals surface area contributed by atoms with Gasteiger partial charge < -0.3 is 18.9 Å². The Labute approximate surface area is 392 Å². The summed E-state index contributed by atoms with van der Waals surface area (Å²) in [6.45, 7) is 42.5. The van der Waals surface area contributed by atoms with Crippen LogP contribution in [-0.4, -0.2) is 81.4 Å². The molecule has 8 nitrogen and oxygen atoms in total. The largest absolute Gasteiger partial charge is 0.488 e. The number of hydrogen-bond acceptors (Lipinski definition) is 8. The van der Waals surface area contributed by atoms with Crippen molar-refractivity contribution in [1.29, 1.82) is 0 Å². The highest BCUT2D eigenvalue weighted by atomic mass is 16.6. The molecule has 2 saturated heterocycles. The van der Waals surface area contributed by atoms with Crippen molar-refractivity contribution in [2.75, 3.05) is 14.1 Å². The van der Waals surface area contributed by atoms with E-state index in [0.717, 1.165) is 50.0 Å². The maximum atomic E-state index is 13.6. The van der Waals surface area contributed by atoms with Gasteiger partial charge >= 0.3 is 11.9 Å². The Morgan fingerprint density at radius 2 is 0.938 bits per heavy atom. The maximum absolute atomic E-state index is 13.6. The molecule has 364 valence electrons. The smallest absolute Gasteiger partial charge is 0.312 e. The van der Waals surface area contributed by atoms with Gasteiger partial charge in [-0.15, -0.1) is 0 Å². The first-order chi connectivity index (χ1) is 29.0. The van der Waals surface area contributed by atoms with Gasteiger partial charge in [0.25, 0.3) is 0 Å². The molecule has 4 rings (SSSR count). The monoisotopic (exact) mass is 891 g/mol. The van der Waals surface area contributed by atoms with Gasteiger partial charge in [0.15, 0.2) is 0 Å². The highest BCUT2D eigenvalue weighted by Crippen LogP contribution is 2.44. The number of carbonyl (C=O) groups is 2. The Morgan fingerprint density at radius 3 is 1.27 bits per heavy atom. The predicted molar refractivity (Wildman–Crippen MR) is 267 cm³/mol. The Morgan fingerprint density at radius 1 is 0.594 bits per heavy atom. The number of hydrogen-bond donors (Lipinski definition) is 0. The third-order valence-corrected chi connectivity index (χ3v) is 14.5. The molecule has 0 radical (unpaired) electrons. The zero-order chi connectivity index (χ0) is 49.1. The van der Waals surface area contributed by atoms with E-state index in [-0.39, 0.29) is 57.5 Å². The van der Waals surface area contributed by atoms with Crippen LogP contribution in [0.25, 0.3) is 0 Å². The summed E-state index contributed by atoms with van der Waals surface area (Å²) in [5.41, 5.74) is 0.630. The molecule has 0 spiro atoms. The van der Waals surface area contributed by atoms with Gasteiger partial charge in [-0.1, -0.05) is 45.0 Å². The summed E-state index contributed by atoms with van der Waals surface area (Å²) in [7, 11) is 4.29. The van der Waals surface area contributed by atoms with E-state index in [4.69, 9.17) is 18.9 Å². The van der Waals surface area contributed by atoms with E-state index in [9.17, 15) is 9.59 Å². The van der Waals surface area contributed by atoms with Crippen molar-refractivity contribution in [3.63, 3.8) is 0 Å². The molecule has 3 unspecified atom stereocenters. The van der Waals surface area contributed by atoms with Crippen molar-refractivity contribution >= 4 is 11.9 Å². The lowest BCUT2D eigenvalue weighted by Gasteiger charge is -2.53. The molecular weight excluding hydrogens is 797 g/mol. The van der Waals surface area contributed by atoms with E-state index in [1.165, 1.54) is 11.1 Å². The average molecular weight is 891 g/mol. The lowest BCUT2D eigenvalue weighted by molar-refractivity contribution is -0.177. The molecule has 2 heterocycles. The van der Waals surface area contributed by atoms with Crippen LogP contribution in [-0.2, 0) is 19.1 Å². The molecule has 2 aliphatic rings. The molecule has 3 atom stereocenters. The van der Waals surface area contributed by atoms with Gasteiger partial charge in [-0.3, -0.25) is 19.4 Å². The molecule has 0 aromatic heterocycles. The van der Waals surface area contributed by atoms with Crippen LogP contribution >= 0.6 is 0 Å². The molecule has 8 heteroatoms. The second-order valence-electron chi connectivity index (χ2n) is 25.0. The Kier molecular flexibility index (Phi) is 17.6. The molecule has 2 aliphatic heterocycles. The summed E-state index contributed by atoms with van der Waals surface area (Å²) in [5, 5.41) is 0. The fourth-order valence-corrected chi connectivity index (χ4v) is 10.2. The highest BCUT2D eigenvalue weighted by Gasteiger charge is 2.49. The van der Waals surface area contributed by atoms with Crippen LogP contribution in [0.5, 0.6) is 11.5 Å². The minimum atomic E-state index is -0.799. The van der Waals surface area contributed by atoms with E-state index < -0.39 is 10.8 Å². The molecule has 64 heavy (non-hydrogen) atoms. The van der Waals surface area contributed by atoms with Gasteiger partial charge in [-0.2, -0.15) is 0 Å². The number of ether oxygens (including phenoxy) is 4. The second-order valence-corrected chi connectivity index (χ2v) is 25.0. The zero-order valence-corrected chi connectivity index (χ0v) is 44.9. The van der Waals surface area contributed by atoms with Crippen molar-refractivity contribution in [2.45, 2.75) is 247 Å². The van der Waals surface area contributed by atoms with Crippen molar-refractivity contribution in [3.05, 3.63) is 59.7 Å². The number of likely N-dealkylation sites (tertiary alicyclic amines) is 2. The maximum Gasteiger partial charge on any atom is 0.312 e. The number of esters is 2. The van der Waals surface area contributed by atoms with Crippen LogP contribution in [0.1, 0.15) is 213 Å². The van der Waals surface area contributed by atoms with Gasteiger partial charge in [0.05, 0.1) is 10.8 Å². The van der Waals surface area contributed by atoms with Gasteiger partial charge in [-0.05, 0) is 205 Å². The fourth-order valence-electron chi connectivity index (χ4n) is 10.2. The van der Waals surface area contributed by atoms with E-state index in [1.54, 1.807) is 0 Å². The Balaban J connectivity index is 0.000000351. The normalized spacial score (nSPS) is 21.3. The summed E-state index contributed by atoms with van der Waals surface area (Å²) in [6, 6.07) is 17.3. The van der Waals surface area contributed by atoms with Gasteiger partial charge in [0.1, 0.15) is 34.9 Å². The number of carbonyl (C=O) groups excluding carboxylic acids is 2. The zero-order valence-electron chi connectivity index (χ0n) is 44.9. The number of piperidine rings is 2. The van der Waals surface area contributed by atoms with E-state index >= 15 is 0 Å². The van der Waals surface area contributed by atoms with Crippen LogP contribution in [0.3, 0.4) is 0 Å². The first kappa shape index (κ1) is 55.2. The van der Waals surface area contributed by atoms with Gasteiger partial charge in [-0.25, -0.2) is 0 Å². The summed E-state index contributed by atoms with van der Waals surface area (Å²) in [4.78, 5) is 31.8. The molecule has 0 N–H and O–H groups in total. The molecule has 2 aromatic carbocycles. The molecule has 0 aliphatic carbocycles. The van der Waals surface area contributed by atoms with Gasteiger partial charge in [0.2, 0.25) is 0 Å².